The zero-order valence-electron chi connectivity index (χ0n) is 25.6. The van der Waals surface area contributed by atoms with Gasteiger partial charge in [-0.1, -0.05) is 13.3 Å². The summed E-state index contributed by atoms with van der Waals surface area (Å²) >= 11 is 10.1. The molecule has 0 saturated heterocycles. The molecule has 0 aliphatic heterocycles. The predicted octanol–water partition coefficient (Wildman–Crippen LogP) is 7.38. The Hall–Kier alpha value is -3.88. The maximum absolute atomic E-state index is 14.6. The number of hydrogen-bond donors (Lipinski definition) is 8. The Bertz CT molecular complexity index is 2870. The van der Waals surface area contributed by atoms with Crippen LogP contribution in [0.25, 0.3) is 75.4 Å². The van der Waals surface area contributed by atoms with Crippen LogP contribution in [0.4, 0.5) is 0 Å². The minimum Gasteiger partial charge on any atom is -0.507 e. The van der Waals surface area contributed by atoms with Gasteiger partial charge in [0.1, 0.15) is 39.0 Å². The lowest BCUT2D eigenvalue weighted by atomic mass is 9.77. The van der Waals surface area contributed by atoms with Crippen LogP contribution in [0.1, 0.15) is 37.8 Å². The van der Waals surface area contributed by atoms with Gasteiger partial charge in [0.2, 0.25) is 5.43 Å². The predicted molar refractivity (Wildman–Crippen MR) is 199 cm³/mol. The molecule has 0 heterocycles. The van der Waals surface area contributed by atoms with Crippen LogP contribution in [-0.4, -0.2) is 53.1 Å². The van der Waals surface area contributed by atoms with Gasteiger partial charge in [-0.05, 0) is 89.5 Å². The van der Waals surface area contributed by atoms with Gasteiger partial charge in [0, 0.05) is 55.6 Å². The standard InChI is InChI=1S/C36H25Br3O10/c1-3-4-9(41)6-11-15-14-10(5-8(2)40)28(37)34(47)25-18(14)21-20-16(12(42)7-13(43)17(20)31(25)44)24-23-22(21)19(15)26(35(48)29(11)38)32(45)27(23)36(49)30(39)33(24)46/h7-9,40-41,43-44,46-49H,3-6H2,1-2H3/t8-,9+/m0/s1. The van der Waals surface area contributed by atoms with E-state index in [2.05, 4.69) is 47.8 Å². The molecule has 0 fully saturated rings. The average molecular weight is 857 g/mol. The van der Waals surface area contributed by atoms with Crippen molar-refractivity contribution in [3.05, 3.63) is 51.1 Å². The maximum atomic E-state index is 14.6. The molecule has 0 bridgehead atoms. The number of rotatable bonds is 6. The van der Waals surface area contributed by atoms with Gasteiger partial charge in [-0.3, -0.25) is 9.59 Å². The molecule has 0 unspecified atom stereocenters. The summed E-state index contributed by atoms with van der Waals surface area (Å²) in [6, 6.07) is 0.866. The van der Waals surface area contributed by atoms with E-state index in [0.29, 0.717) is 34.7 Å². The number of aromatic hydroxyl groups is 6. The molecule has 250 valence electrons. The Kier molecular flexibility index (Phi) is 6.97. The van der Waals surface area contributed by atoms with Crippen molar-refractivity contribution in [3.8, 4) is 34.5 Å². The summed E-state index contributed by atoms with van der Waals surface area (Å²) in [4.78, 5) is 28.5. The van der Waals surface area contributed by atoms with Crippen LogP contribution in [-0.2, 0) is 12.8 Å². The summed E-state index contributed by atoms with van der Waals surface area (Å²) in [6.45, 7) is 3.45. The highest BCUT2D eigenvalue weighted by Gasteiger charge is 2.36. The van der Waals surface area contributed by atoms with Crippen molar-refractivity contribution >= 4 is 123 Å². The summed E-state index contributed by atoms with van der Waals surface area (Å²) in [5.74, 6) is -3.29. The zero-order chi connectivity index (χ0) is 35.3. The Labute approximate surface area is 299 Å². The Morgan fingerprint density at radius 1 is 0.551 bits per heavy atom. The molecule has 0 aliphatic rings. The smallest absolute Gasteiger partial charge is 0.201 e. The number of aliphatic hydroxyl groups is 2. The molecule has 13 heteroatoms. The van der Waals surface area contributed by atoms with E-state index < -0.39 is 57.6 Å². The number of fused-ring (bicyclic) bond motifs is 2. The Balaban J connectivity index is 1.92. The first-order chi connectivity index (χ1) is 23.1. The first-order valence-electron chi connectivity index (χ1n) is 15.4. The first-order valence-corrected chi connectivity index (χ1v) is 17.8. The highest BCUT2D eigenvalue weighted by atomic mass is 79.9. The van der Waals surface area contributed by atoms with E-state index in [1.165, 1.54) is 0 Å². The summed E-state index contributed by atoms with van der Waals surface area (Å²) in [5, 5.41) is 92.0. The minimum atomic E-state index is -0.959. The molecule has 10 nitrogen and oxygen atoms in total. The number of phenols is 6. The van der Waals surface area contributed by atoms with Crippen molar-refractivity contribution in [1.29, 1.82) is 0 Å². The molecule has 8 aromatic carbocycles. The van der Waals surface area contributed by atoms with Crippen LogP contribution in [0.5, 0.6) is 34.5 Å². The van der Waals surface area contributed by atoms with Gasteiger partial charge < -0.3 is 40.9 Å². The van der Waals surface area contributed by atoms with Gasteiger partial charge in [0.05, 0.1) is 42.7 Å². The number of phenolic OH excluding ortho intramolecular Hbond substituents is 6. The molecular weight excluding hydrogens is 832 g/mol. The first kappa shape index (κ1) is 32.3. The van der Waals surface area contributed by atoms with Gasteiger partial charge in [0.15, 0.2) is 5.43 Å². The quantitative estimate of drug-likeness (QED) is 0.0618. The molecule has 0 amide bonds. The van der Waals surface area contributed by atoms with Crippen LogP contribution < -0.4 is 10.9 Å². The maximum Gasteiger partial charge on any atom is 0.201 e. The topological polar surface area (TPSA) is 196 Å². The van der Waals surface area contributed by atoms with Crippen molar-refractivity contribution < 1.29 is 40.9 Å². The lowest BCUT2D eigenvalue weighted by molar-refractivity contribution is 0.164. The monoisotopic (exact) mass is 854 g/mol. The molecule has 49 heavy (non-hydrogen) atoms. The van der Waals surface area contributed by atoms with Gasteiger partial charge in [-0.15, -0.1) is 0 Å². The molecule has 0 saturated carbocycles. The minimum absolute atomic E-state index is 0.00700. The summed E-state index contributed by atoms with van der Waals surface area (Å²) in [7, 11) is 0. The fourth-order valence-electron chi connectivity index (χ4n) is 8.16. The lowest BCUT2D eigenvalue weighted by Crippen LogP contribution is -2.14. The Morgan fingerprint density at radius 3 is 1.57 bits per heavy atom. The van der Waals surface area contributed by atoms with E-state index in [4.69, 9.17) is 0 Å². The van der Waals surface area contributed by atoms with Gasteiger partial charge in [-0.25, -0.2) is 0 Å². The summed E-state index contributed by atoms with van der Waals surface area (Å²) in [5.41, 5.74) is -0.815. The number of halogens is 3. The summed E-state index contributed by atoms with van der Waals surface area (Å²) in [6.07, 6.45) is -0.872. The van der Waals surface area contributed by atoms with E-state index in [9.17, 15) is 50.4 Å². The van der Waals surface area contributed by atoms with Crippen molar-refractivity contribution in [2.45, 2.75) is 51.7 Å². The van der Waals surface area contributed by atoms with Gasteiger partial charge in [0.25, 0.3) is 0 Å². The van der Waals surface area contributed by atoms with E-state index in [-0.39, 0.29) is 90.9 Å². The second-order valence-electron chi connectivity index (χ2n) is 12.8. The SMILES string of the molecule is CCC[C@@H](O)Cc1c(Br)c(O)c2c(=O)c3c(O)c(Br)c(O)c4c5c(=O)cc(O)c6c(O)c7c(O)c(Br)c(C[C@H](C)O)c8c1c2c(c34)c(c78)c65. The summed E-state index contributed by atoms with van der Waals surface area (Å²) < 4.78 is -0.0862. The molecule has 0 aromatic heterocycles. The molecule has 8 rings (SSSR count). The molecule has 0 radical (unpaired) electrons. The van der Waals surface area contributed by atoms with E-state index in [1.54, 1.807) is 6.92 Å². The third-order valence-electron chi connectivity index (χ3n) is 9.92. The molecule has 0 spiro atoms. The van der Waals surface area contributed by atoms with Crippen LogP contribution in [0, 0.1) is 0 Å². The largest absolute Gasteiger partial charge is 0.507 e. The molecule has 0 aliphatic carbocycles. The van der Waals surface area contributed by atoms with Crippen molar-refractivity contribution in [3.63, 3.8) is 0 Å². The van der Waals surface area contributed by atoms with Crippen LogP contribution in [0.15, 0.2) is 29.1 Å². The normalized spacial score (nSPS) is 14.0. The molecule has 8 aromatic rings. The van der Waals surface area contributed by atoms with Crippen LogP contribution in [0.2, 0.25) is 0 Å². The van der Waals surface area contributed by atoms with Crippen LogP contribution in [0.3, 0.4) is 0 Å². The number of benzene rings is 8. The van der Waals surface area contributed by atoms with Crippen molar-refractivity contribution in [1.82, 2.24) is 0 Å². The van der Waals surface area contributed by atoms with Crippen molar-refractivity contribution in [2.75, 3.05) is 0 Å². The van der Waals surface area contributed by atoms with E-state index in [0.717, 1.165) is 6.07 Å². The highest BCUT2D eigenvalue weighted by molar-refractivity contribution is 9.11. The molecule has 2 atom stereocenters. The number of hydrogen-bond acceptors (Lipinski definition) is 10. The van der Waals surface area contributed by atoms with Gasteiger partial charge in [-0.2, -0.15) is 0 Å². The van der Waals surface area contributed by atoms with Crippen LogP contribution >= 0.6 is 47.8 Å². The fourth-order valence-corrected chi connectivity index (χ4v) is 9.67. The molecule has 8 N–H and O–H groups in total. The number of aliphatic hydroxyl groups excluding tert-OH is 2. The van der Waals surface area contributed by atoms with E-state index >= 15 is 0 Å². The second kappa shape index (κ2) is 10.6. The lowest BCUT2D eigenvalue weighted by Gasteiger charge is -2.28. The highest BCUT2D eigenvalue weighted by Crippen LogP contribution is 2.61. The second-order valence-corrected chi connectivity index (χ2v) is 15.2. The zero-order valence-corrected chi connectivity index (χ0v) is 30.3. The fraction of sp³-hybridized carbons (Fsp3) is 0.222. The third-order valence-corrected chi connectivity index (χ3v) is 12.4. The van der Waals surface area contributed by atoms with E-state index in [1.807, 2.05) is 6.92 Å². The average Bonchev–Trinajstić information content (AvgIpc) is 3.03. The van der Waals surface area contributed by atoms with Crippen molar-refractivity contribution in [2.24, 2.45) is 0 Å². The van der Waals surface area contributed by atoms with Gasteiger partial charge >= 0.3 is 0 Å². The molecular formula is C36H25Br3O10. The third kappa shape index (κ3) is 3.82. The Morgan fingerprint density at radius 2 is 1.00 bits per heavy atom.